The molecule has 1 atom stereocenters. The number of alkyl carbamates (subject to hydrolysis) is 1. The summed E-state index contributed by atoms with van der Waals surface area (Å²) in [4.78, 5) is 72.9. The van der Waals surface area contributed by atoms with E-state index < -0.39 is 46.5 Å². The molecule has 2 aromatic carbocycles. The number of carbonyl (C=O) groups is 4. The van der Waals surface area contributed by atoms with Crippen LogP contribution in [0.2, 0.25) is 0 Å². The number of ether oxygens (including phenoxy) is 5. The Bertz CT molecular complexity index is 1990. The van der Waals surface area contributed by atoms with E-state index in [1.54, 1.807) is 80.0 Å². The van der Waals surface area contributed by atoms with Crippen molar-refractivity contribution in [2.24, 2.45) is 0 Å². The molecule has 2 aliphatic heterocycles. The quantitative estimate of drug-likeness (QED) is 0.244. The zero-order chi connectivity index (χ0) is 40.1. The van der Waals surface area contributed by atoms with Crippen LogP contribution in [-0.2, 0) is 43.6 Å². The molecule has 1 fully saturated rings. The van der Waals surface area contributed by atoms with Gasteiger partial charge in [-0.2, -0.15) is 4.73 Å². The molecule has 0 radical (unpaired) electrons. The smallest absolute Gasteiger partial charge is 0.408 e. The molecule has 0 saturated carbocycles. The van der Waals surface area contributed by atoms with Crippen molar-refractivity contribution in [2.45, 2.75) is 78.5 Å². The van der Waals surface area contributed by atoms with E-state index in [1.165, 1.54) is 22.0 Å². The minimum absolute atomic E-state index is 0.00724. The van der Waals surface area contributed by atoms with Crippen LogP contribution in [0.1, 0.15) is 58.4 Å². The number of hydrogen-bond donors (Lipinski definition) is 2. The Morgan fingerprint density at radius 3 is 1.96 bits per heavy atom. The molecule has 3 heterocycles. The maximum Gasteiger partial charge on any atom is 0.408 e. The summed E-state index contributed by atoms with van der Waals surface area (Å²) < 4.78 is 28.6. The van der Waals surface area contributed by atoms with Crippen molar-refractivity contribution in [3.63, 3.8) is 0 Å². The first-order valence-corrected chi connectivity index (χ1v) is 17.5. The summed E-state index contributed by atoms with van der Waals surface area (Å²) in [5.41, 5.74) is -0.665. The molecule has 16 nitrogen and oxygen atoms in total. The number of pyridine rings is 1. The first-order valence-electron chi connectivity index (χ1n) is 17.5. The highest BCUT2D eigenvalue weighted by Crippen LogP contribution is 2.31. The van der Waals surface area contributed by atoms with E-state index >= 15 is 0 Å². The lowest BCUT2D eigenvalue weighted by molar-refractivity contribution is -0.156. The predicted octanol–water partition coefficient (Wildman–Crippen LogP) is 3.25. The number of nitrogens with one attached hydrogen (secondary N) is 2. The number of methoxy groups -OCH3 is 2. The third kappa shape index (κ3) is 10.3. The third-order valence-corrected chi connectivity index (χ3v) is 8.15. The van der Waals surface area contributed by atoms with Crippen molar-refractivity contribution in [3.8, 4) is 17.2 Å². The Morgan fingerprint density at radius 2 is 1.40 bits per heavy atom. The van der Waals surface area contributed by atoms with Crippen molar-refractivity contribution in [3.05, 3.63) is 99.1 Å². The molecule has 0 aliphatic carbocycles. The number of carbonyl (C=O) groups excluding carboxylic acids is 4. The lowest BCUT2D eigenvalue weighted by Gasteiger charge is -2.24. The van der Waals surface area contributed by atoms with Gasteiger partial charge < -0.3 is 39.2 Å². The van der Waals surface area contributed by atoms with Gasteiger partial charge in [0.1, 0.15) is 42.0 Å². The van der Waals surface area contributed by atoms with Crippen LogP contribution in [0, 0.1) is 0 Å². The van der Waals surface area contributed by atoms with E-state index in [1.807, 2.05) is 24.3 Å². The van der Waals surface area contributed by atoms with Crippen LogP contribution in [0.25, 0.3) is 0 Å². The molecule has 0 unspecified atom stereocenters. The zero-order valence-corrected chi connectivity index (χ0v) is 32.2. The number of benzene rings is 2. The highest BCUT2D eigenvalue weighted by Gasteiger charge is 2.50. The standard InChI is InChI=1S/C39H47N5O11/c1-38(2,3)54-36(48)33-29(19-42-20-30(35(47)44(33)42)41-37(49)55-39(4,5)6)34(46)40-18-26-17-31(45)32(52-22-24-9-13-27(50-7)14-10-24)21-43(26)53-23-25-11-15-28(51-8)16-12-25/h9-17,21,30H,18-20,22-23H2,1-8H3,(H,40,46)(H,41,49)/t30-/m0/s1. The molecule has 2 N–H and O–H groups in total. The summed E-state index contributed by atoms with van der Waals surface area (Å²) in [6, 6.07) is 14.7. The van der Waals surface area contributed by atoms with Crippen molar-refractivity contribution in [1.82, 2.24) is 25.4 Å². The topological polar surface area (TPSA) is 176 Å². The molecule has 2 aliphatic rings. The fourth-order valence-corrected chi connectivity index (χ4v) is 5.63. The number of amides is 3. The molecule has 294 valence electrons. The molecule has 55 heavy (non-hydrogen) atoms. The predicted molar refractivity (Wildman–Crippen MR) is 198 cm³/mol. The van der Waals surface area contributed by atoms with E-state index in [9.17, 15) is 24.0 Å². The molecular weight excluding hydrogens is 714 g/mol. The molecule has 3 aromatic rings. The van der Waals surface area contributed by atoms with Crippen LogP contribution in [0.5, 0.6) is 17.2 Å². The molecule has 3 amide bonds. The normalized spacial score (nSPS) is 15.7. The summed E-state index contributed by atoms with van der Waals surface area (Å²) in [7, 11) is 3.14. The first-order chi connectivity index (χ1) is 25.9. The van der Waals surface area contributed by atoms with Gasteiger partial charge in [0.25, 0.3) is 11.8 Å². The molecule has 5 rings (SSSR count). The number of hydrogen-bond acceptors (Lipinski definition) is 12. The molecule has 16 heteroatoms. The lowest BCUT2D eigenvalue weighted by Crippen LogP contribution is -2.45. The fourth-order valence-electron chi connectivity index (χ4n) is 5.63. The van der Waals surface area contributed by atoms with Gasteiger partial charge in [-0.1, -0.05) is 24.3 Å². The van der Waals surface area contributed by atoms with Crippen LogP contribution in [0.3, 0.4) is 0 Å². The minimum Gasteiger partial charge on any atom is -0.497 e. The summed E-state index contributed by atoms with van der Waals surface area (Å²) in [6.07, 6.45) is 0.599. The SMILES string of the molecule is COc1ccc(COc2cn(OCc3ccc(OC)cc3)c(CNC(=O)C3=C(C(=O)OC(C)(C)C)N4C(=O)[C@@H](NC(=O)OC(C)(C)C)CN4C3)cc2=O)cc1. The summed E-state index contributed by atoms with van der Waals surface area (Å²) in [5.74, 6) is -0.865. The van der Waals surface area contributed by atoms with Gasteiger partial charge in [-0.05, 0) is 76.9 Å². The van der Waals surface area contributed by atoms with Gasteiger partial charge in [-0.25, -0.2) is 19.6 Å². The second kappa shape index (κ2) is 16.5. The summed E-state index contributed by atoms with van der Waals surface area (Å²) in [5, 5.41) is 7.84. The Morgan fingerprint density at radius 1 is 0.818 bits per heavy atom. The Labute approximate surface area is 318 Å². The monoisotopic (exact) mass is 761 g/mol. The number of hydrazine groups is 1. The van der Waals surface area contributed by atoms with E-state index in [4.69, 9.17) is 28.5 Å². The average Bonchev–Trinajstić information content (AvgIpc) is 3.64. The van der Waals surface area contributed by atoms with Crippen LogP contribution >= 0.6 is 0 Å². The number of esters is 1. The van der Waals surface area contributed by atoms with E-state index in [2.05, 4.69) is 10.6 Å². The fraction of sp³-hybridized carbons (Fsp3) is 0.410. The van der Waals surface area contributed by atoms with Gasteiger partial charge in [0.2, 0.25) is 5.43 Å². The van der Waals surface area contributed by atoms with Crippen LogP contribution in [0.15, 0.2) is 76.9 Å². The second-order valence-corrected chi connectivity index (χ2v) is 14.8. The van der Waals surface area contributed by atoms with Crippen molar-refractivity contribution in [2.75, 3.05) is 27.3 Å². The van der Waals surface area contributed by atoms with E-state index in [-0.39, 0.29) is 55.6 Å². The number of rotatable bonds is 13. The Kier molecular flexibility index (Phi) is 12.1. The van der Waals surface area contributed by atoms with Crippen LogP contribution in [-0.4, -0.2) is 83.2 Å². The zero-order valence-electron chi connectivity index (χ0n) is 32.2. The summed E-state index contributed by atoms with van der Waals surface area (Å²) >= 11 is 0. The maximum atomic E-state index is 13.9. The van der Waals surface area contributed by atoms with Gasteiger partial charge in [0.05, 0.1) is 44.8 Å². The third-order valence-electron chi connectivity index (χ3n) is 8.15. The molecular formula is C39H47N5O11. The van der Waals surface area contributed by atoms with Gasteiger partial charge in [-0.15, -0.1) is 0 Å². The van der Waals surface area contributed by atoms with Gasteiger partial charge >= 0.3 is 12.1 Å². The minimum atomic E-state index is -1.04. The average molecular weight is 762 g/mol. The van der Waals surface area contributed by atoms with Crippen molar-refractivity contribution < 1.29 is 47.7 Å². The number of fused-ring (bicyclic) bond motifs is 1. The largest absolute Gasteiger partial charge is 0.497 e. The highest BCUT2D eigenvalue weighted by atomic mass is 16.7. The summed E-state index contributed by atoms with van der Waals surface area (Å²) in [6.45, 7) is 9.85. The first kappa shape index (κ1) is 40.2. The maximum absolute atomic E-state index is 13.9. The highest BCUT2D eigenvalue weighted by molar-refractivity contribution is 6.07. The molecule has 0 bridgehead atoms. The lowest BCUT2D eigenvalue weighted by atomic mass is 10.1. The van der Waals surface area contributed by atoms with Gasteiger partial charge in [0.15, 0.2) is 11.4 Å². The van der Waals surface area contributed by atoms with Crippen LogP contribution in [0.4, 0.5) is 4.79 Å². The van der Waals surface area contributed by atoms with Gasteiger partial charge in [0, 0.05) is 12.6 Å². The molecule has 1 saturated heterocycles. The number of nitrogens with zero attached hydrogens (tertiary/aromatic N) is 3. The van der Waals surface area contributed by atoms with E-state index in [0.29, 0.717) is 11.5 Å². The molecule has 0 spiro atoms. The van der Waals surface area contributed by atoms with Crippen molar-refractivity contribution in [1.29, 1.82) is 0 Å². The number of aromatic nitrogens is 1. The van der Waals surface area contributed by atoms with Crippen molar-refractivity contribution >= 4 is 23.9 Å². The Hall–Kier alpha value is -6.03. The van der Waals surface area contributed by atoms with Crippen LogP contribution < -0.4 is 35.1 Å². The Balaban J connectivity index is 1.38. The second-order valence-electron chi connectivity index (χ2n) is 14.8. The molecule has 1 aromatic heterocycles. The van der Waals surface area contributed by atoms with Gasteiger partial charge in [-0.3, -0.25) is 14.4 Å². The van der Waals surface area contributed by atoms with E-state index in [0.717, 1.165) is 16.1 Å².